The fourth-order valence-electron chi connectivity index (χ4n) is 4.16. The Balaban J connectivity index is 1.54. The van der Waals surface area contributed by atoms with Gasteiger partial charge in [0.25, 0.3) is 5.91 Å². The second-order valence-corrected chi connectivity index (χ2v) is 8.16. The standard InChI is InChI=1S/C26H28N4O2/c1-3-14-29-16-17-30(26(32)24-13-15-28(2)27-24)19-23(25(29)31)18-20-9-11-22(12-10-20)21-7-5-4-6-8-21/h3-13,15,23H,1,14,16-19H2,2H3. The van der Waals surface area contributed by atoms with Crippen LogP contribution in [0.2, 0.25) is 0 Å². The number of hydrogen-bond donors (Lipinski definition) is 0. The van der Waals surface area contributed by atoms with E-state index in [0.29, 0.717) is 38.3 Å². The maximum absolute atomic E-state index is 13.3. The Kier molecular flexibility index (Phi) is 6.50. The molecule has 6 nitrogen and oxygen atoms in total. The number of aryl methyl sites for hydroxylation is 1. The monoisotopic (exact) mass is 428 g/mol. The van der Waals surface area contributed by atoms with Gasteiger partial charge in [-0.3, -0.25) is 14.3 Å². The van der Waals surface area contributed by atoms with Crippen molar-refractivity contribution in [2.24, 2.45) is 13.0 Å². The summed E-state index contributed by atoms with van der Waals surface area (Å²) in [5, 5.41) is 4.25. The van der Waals surface area contributed by atoms with Gasteiger partial charge in [0.2, 0.25) is 5.91 Å². The van der Waals surface area contributed by atoms with E-state index in [0.717, 1.165) is 16.7 Å². The van der Waals surface area contributed by atoms with Crippen molar-refractivity contribution in [3.8, 4) is 11.1 Å². The molecule has 3 aromatic rings. The van der Waals surface area contributed by atoms with Crippen LogP contribution in [0.5, 0.6) is 0 Å². The lowest BCUT2D eigenvalue weighted by Gasteiger charge is -2.23. The summed E-state index contributed by atoms with van der Waals surface area (Å²) >= 11 is 0. The summed E-state index contributed by atoms with van der Waals surface area (Å²) in [5.74, 6) is -0.385. The molecule has 0 saturated carbocycles. The van der Waals surface area contributed by atoms with Gasteiger partial charge in [0.05, 0.1) is 5.92 Å². The van der Waals surface area contributed by atoms with Crippen LogP contribution in [-0.2, 0) is 18.3 Å². The largest absolute Gasteiger partial charge is 0.337 e. The SMILES string of the molecule is C=CCN1CCN(C(=O)c2ccn(C)n2)CC(Cc2ccc(-c3ccccc3)cc2)C1=O. The first kappa shape index (κ1) is 21.6. The number of benzene rings is 2. The Labute approximate surface area is 188 Å². The van der Waals surface area contributed by atoms with Crippen LogP contribution >= 0.6 is 0 Å². The molecule has 1 aliphatic rings. The highest BCUT2D eigenvalue weighted by atomic mass is 16.2. The summed E-state index contributed by atoms with van der Waals surface area (Å²) in [6.07, 6.45) is 4.07. The van der Waals surface area contributed by atoms with Crippen molar-refractivity contribution in [3.63, 3.8) is 0 Å². The molecule has 1 atom stereocenters. The van der Waals surface area contributed by atoms with Gasteiger partial charge < -0.3 is 9.80 Å². The molecule has 2 aromatic carbocycles. The van der Waals surface area contributed by atoms with E-state index in [1.54, 1.807) is 39.9 Å². The zero-order valence-electron chi connectivity index (χ0n) is 18.4. The molecule has 4 rings (SSSR count). The van der Waals surface area contributed by atoms with Gasteiger partial charge in [-0.1, -0.05) is 60.7 Å². The van der Waals surface area contributed by atoms with E-state index in [1.165, 1.54) is 0 Å². The number of hydrogen-bond acceptors (Lipinski definition) is 3. The van der Waals surface area contributed by atoms with E-state index in [4.69, 9.17) is 0 Å². The molecule has 0 N–H and O–H groups in total. The minimum absolute atomic E-state index is 0.0633. The van der Waals surface area contributed by atoms with Crippen LogP contribution in [0.1, 0.15) is 16.1 Å². The predicted molar refractivity (Wildman–Crippen MR) is 125 cm³/mol. The Morgan fingerprint density at radius 2 is 1.78 bits per heavy atom. The van der Waals surface area contributed by atoms with Crippen LogP contribution in [-0.4, -0.2) is 57.6 Å². The van der Waals surface area contributed by atoms with E-state index in [9.17, 15) is 9.59 Å². The minimum atomic E-state index is -0.312. The molecule has 0 aliphatic carbocycles. The first-order chi connectivity index (χ1) is 15.5. The predicted octanol–water partition coefficient (Wildman–Crippen LogP) is 3.42. The summed E-state index contributed by atoms with van der Waals surface area (Å²) < 4.78 is 1.62. The molecule has 0 bridgehead atoms. The highest BCUT2D eigenvalue weighted by Crippen LogP contribution is 2.22. The van der Waals surface area contributed by atoms with Crippen LogP contribution in [0.25, 0.3) is 11.1 Å². The minimum Gasteiger partial charge on any atom is -0.337 e. The third-order valence-electron chi connectivity index (χ3n) is 5.85. The molecule has 1 fully saturated rings. The summed E-state index contributed by atoms with van der Waals surface area (Å²) in [6, 6.07) is 20.2. The van der Waals surface area contributed by atoms with Crippen molar-refractivity contribution in [1.82, 2.24) is 19.6 Å². The van der Waals surface area contributed by atoms with Gasteiger partial charge in [0.15, 0.2) is 0 Å². The molecule has 2 amide bonds. The molecule has 32 heavy (non-hydrogen) atoms. The zero-order chi connectivity index (χ0) is 22.5. The number of carbonyl (C=O) groups excluding carboxylic acids is 2. The second kappa shape index (κ2) is 9.64. The summed E-state index contributed by atoms with van der Waals surface area (Å²) in [4.78, 5) is 29.8. The van der Waals surface area contributed by atoms with E-state index >= 15 is 0 Å². The van der Waals surface area contributed by atoms with Crippen molar-refractivity contribution in [2.45, 2.75) is 6.42 Å². The fourth-order valence-corrected chi connectivity index (χ4v) is 4.16. The molecular formula is C26H28N4O2. The topological polar surface area (TPSA) is 58.4 Å². The lowest BCUT2D eigenvalue weighted by Crippen LogP contribution is -2.38. The average Bonchev–Trinajstić information content (AvgIpc) is 3.20. The van der Waals surface area contributed by atoms with Crippen molar-refractivity contribution >= 4 is 11.8 Å². The van der Waals surface area contributed by atoms with E-state index in [-0.39, 0.29) is 17.7 Å². The van der Waals surface area contributed by atoms with E-state index < -0.39 is 0 Å². The Hall–Kier alpha value is -3.67. The molecule has 164 valence electrons. The van der Waals surface area contributed by atoms with Crippen molar-refractivity contribution in [1.29, 1.82) is 0 Å². The number of amides is 2. The molecule has 0 radical (unpaired) electrons. The number of nitrogens with zero attached hydrogens (tertiary/aromatic N) is 4. The number of carbonyl (C=O) groups is 2. The molecule has 1 aliphatic heterocycles. The van der Waals surface area contributed by atoms with Crippen LogP contribution < -0.4 is 0 Å². The quantitative estimate of drug-likeness (QED) is 0.566. The maximum atomic E-state index is 13.3. The normalized spacial score (nSPS) is 16.7. The maximum Gasteiger partial charge on any atom is 0.274 e. The van der Waals surface area contributed by atoms with Crippen molar-refractivity contribution in [3.05, 3.63) is 90.8 Å². The van der Waals surface area contributed by atoms with Gasteiger partial charge in [-0.25, -0.2) is 0 Å². The van der Waals surface area contributed by atoms with Crippen LogP contribution in [0.15, 0.2) is 79.5 Å². The third-order valence-corrected chi connectivity index (χ3v) is 5.85. The molecule has 6 heteroatoms. The second-order valence-electron chi connectivity index (χ2n) is 8.16. The van der Waals surface area contributed by atoms with Gasteiger partial charge in [0.1, 0.15) is 5.69 Å². The van der Waals surface area contributed by atoms with Gasteiger partial charge in [-0.05, 0) is 29.2 Å². The van der Waals surface area contributed by atoms with Gasteiger partial charge in [-0.2, -0.15) is 5.10 Å². The van der Waals surface area contributed by atoms with Gasteiger partial charge in [-0.15, -0.1) is 6.58 Å². The third kappa shape index (κ3) is 4.80. The van der Waals surface area contributed by atoms with Gasteiger partial charge >= 0.3 is 0 Å². The summed E-state index contributed by atoms with van der Waals surface area (Å²) in [6.45, 7) is 5.62. The zero-order valence-corrected chi connectivity index (χ0v) is 18.4. The van der Waals surface area contributed by atoms with Gasteiger partial charge in [0, 0.05) is 39.4 Å². The van der Waals surface area contributed by atoms with Crippen LogP contribution in [0.3, 0.4) is 0 Å². The molecular weight excluding hydrogens is 400 g/mol. The summed E-state index contributed by atoms with van der Waals surface area (Å²) in [7, 11) is 1.79. The first-order valence-corrected chi connectivity index (χ1v) is 10.9. The summed E-state index contributed by atoms with van der Waals surface area (Å²) in [5.41, 5.74) is 3.78. The van der Waals surface area contributed by atoms with Crippen LogP contribution in [0, 0.1) is 5.92 Å². The highest BCUT2D eigenvalue weighted by Gasteiger charge is 2.32. The number of aromatic nitrogens is 2. The lowest BCUT2D eigenvalue weighted by molar-refractivity contribution is -0.134. The Morgan fingerprint density at radius 1 is 1.06 bits per heavy atom. The van der Waals surface area contributed by atoms with E-state index in [2.05, 4.69) is 48.1 Å². The Bertz CT molecular complexity index is 1090. The first-order valence-electron chi connectivity index (χ1n) is 10.9. The van der Waals surface area contributed by atoms with Crippen molar-refractivity contribution < 1.29 is 9.59 Å². The number of rotatable bonds is 6. The fraction of sp³-hybridized carbons (Fsp3) is 0.269. The molecule has 1 aromatic heterocycles. The highest BCUT2D eigenvalue weighted by molar-refractivity contribution is 5.93. The molecule has 0 spiro atoms. The van der Waals surface area contributed by atoms with Crippen molar-refractivity contribution in [2.75, 3.05) is 26.2 Å². The lowest BCUT2D eigenvalue weighted by atomic mass is 9.95. The Morgan fingerprint density at radius 3 is 2.44 bits per heavy atom. The van der Waals surface area contributed by atoms with E-state index in [1.807, 2.05) is 18.2 Å². The molecule has 1 saturated heterocycles. The molecule has 1 unspecified atom stereocenters. The smallest absolute Gasteiger partial charge is 0.274 e. The molecule has 2 heterocycles. The average molecular weight is 429 g/mol. The van der Waals surface area contributed by atoms with Crippen LogP contribution in [0.4, 0.5) is 0 Å².